The molecule has 160 valence electrons. The van der Waals surface area contributed by atoms with Gasteiger partial charge in [0, 0.05) is 43.9 Å². The van der Waals surface area contributed by atoms with Crippen molar-refractivity contribution in [2.24, 2.45) is 0 Å². The summed E-state index contributed by atoms with van der Waals surface area (Å²) in [6.07, 6.45) is 3.97. The Kier molecular flexibility index (Phi) is 5.46. The summed E-state index contributed by atoms with van der Waals surface area (Å²) < 4.78 is 31.6. The van der Waals surface area contributed by atoms with Crippen molar-refractivity contribution in [3.05, 3.63) is 53.6 Å². The van der Waals surface area contributed by atoms with Gasteiger partial charge in [-0.2, -0.15) is 0 Å². The Bertz CT molecular complexity index is 1040. The number of sulfonamides is 1. The van der Waals surface area contributed by atoms with Crippen molar-refractivity contribution < 1.29 is 17.9 Å². The van der Waals surface area contributed by atoms with E-state index in [1.807, 2.05) is 12.1 Å². The summed E-state index contributed by atoms with van der Waals surface area (Å²) in [5, 5.41) is 0. The molecule has 0 aromatic heterocycles. The Labute approximate surface area is 177 Å². The zero-order valence-corrected chi connectivity index (χ0v) is 17.9. The van der Waals surface area contributed by atoms with Gasteiger partial charge >= 0.3 is 0 Å². The second-order valence-corrected chi connectivity index (χ2v) is 10.1. The lowest BCUT2D eigenvalue weighted by atomic mass is 9.82. The van der Waals surface area contributed by atoms with E-state index >= 15 is 0 Å². The fourth-order valence-electron chi connectivity index (χ4n) is 4.21. The van der Waals surface area contributed by atoms with Crippen LogP contribution in [-0.2, 0) is 16.4 Å². The molecule has 7 nitrogen and oxygen atoms in total. The lowest BCUT2D eigenvalue weighted by Gasteiger charge is -2.44. The zero-order valence-electron chi connectivity index (χ0n) is 17.1. The highest BCUT2D eigenvalue weighted by Gasteiger charge is 2.42. The number of hydrogen-bond donors (Lipinski definition) is 2. The number of nitrogens with zero attached hydrogens (tertiary/aromatic N) is 1. The number of ketones is 1. The molecule has 30 heavy (non-hydrogen) atoms. The second kappa shape index (κ2) is 7.92. The molecule has 3 N–H and O–H groups in total. The van der Waals surface area contributed by atoms with Gasteiger partial charge < -0.3 is 15.4 Å². The highest BCUT2D eigenvalue weighted by atomic mass is 32.2. The van der Waals surface area contributed by atoms with Gasteiger partial charge in [0.2, 0.25) is 10.0 Å². The Morgan fingerprint density at radius 1 is 1.13 bits per heavy atom. The number of likely N-dealkylation sites (tertiary alicyclic amines) is 1. The molecule has 2 aliphatic heterocycles. The van der Waals surface area contributed by atoms with Crippen LogP contribution in [0.5, 0.6) is 5.75 Å². The first kappa shape index (κ1) is 20.7. The summed E-state index contributed by atoms with van der Waals surface area (Å²) in [7, 11) is -3.40. The molecule has 0 saturated carbocycles. The fourth-order valence-corrected chi connectivity index (χ4v) is 4.76. The van der Waals surface area contributed by atoms with Crippen molar-refractivity contribution in [2.45, 2.75) is 31.3 Å². The molecule has 2 heterocycles. The van der Waals surface area contributed by atoms with Gasteiger partial charge in [0.15, 0.2) is 5.78 Å². The van der Waals surface area contributed by atoms with Crippen molar-refractivity contribution in [2.75, 3.05) is 36.3 Å². The highest BCUT2D eigenvalue weighted by molar-refractivity contribution is 7.92. The zero-order chi connectivity index (χ0) is 21.4. The van der Waals surface area contributed by atoms with Gasteiger partial charge in [-0.15, -0.1) is 0 Å². The number of nitrogen functional groups attached to an aromatic ring is 1. The molecule has 0 aliphatic carbocycles. The first-order valence-corrected chi connectivity index (χ1v) is 12.0. The van der Waals surface area contributed by atoms with Crippen molar-refractivity contribution in [3.8, 4) is 5.75 Å². The summed E-state index contributed by atoms with van der Waals surface area (Å²) in [5.41, 5.74) is 8.14. The average molecular weight is 430 g/mol. The maximum atomic E-state index is 12.8. The Morgan fingerprint density at radius 2 is 1.83 bits per heavy atom. The van der Waals surface area contributed by atoms with Crippen LogP contribution in [0.4, 0.5) is 11.4 Å². The lowest BCUT2D eigenvalue weighted by molar-refractivity contribution is -0.00865. The second-order valence-electron chi connectivity index (χ2n) is 8.30. The molecule has 0 amide bonds. The third-order valence-electron chi connectivity index (χ3n) is 5.86. The number of nitrogens with two attached hydrogens (primary N) is 1. The molecular formula is C22H27N3O4S. The van der Waals surface area contributed by atoms with Gasteiger partial charge in [-0.1, -0.05) is 12.1 Å². The molecular weight excluding hydrogens is 402 g/mol. The largest absolute Gasteiger partial charge is 0.486 e. The molecule has 1 spiro atoms. The number of Topliss-reactive ketones (excluding diaryl/α,β-unsaturated/α-hetero) is 1. The number of nitrogens with one attached hydrogen (secondary N) is 1. The predicted molar refractivity (Wildman–Crippen MR) is 117 cm³/mol. The van der Waals surface area contributed by atoms with Gasteiger partial charge in [0.1, 0.15) is 11.4 Å². The van der Waals surface area contributed by atoms with E-state index in [1.165, 1.54) is 5.56 Å². The fraction of sp³-hybridized carbons (Fsp3) is 0.409. The van der Waals surface area contributed by atoms with Crippen LogP contribution >= 0.6 is 0 Å². The summed E-state index contributed by atoms with van der Waals surface area (Å²) >= 11 is 0. The Morgan fingerprint density at radius 3 is 2.50 bits per heavy atom. The van der Waals surface area contributed by atoms with Crippen molar-refractivity contribution in [3.63, 3.8) is 0 Å². The van der Waals surface area contributed by atoms with Crippen LogP contribution in [0.15, 0.2) is 42.5 Å². The monoisotopic (exact) mass is 429 g/mol. The predicted octanol–water partition coefficient (Wildman–Crippen LogP) is 2.68. The smallest absolute Gasteiger partial charge is 0.229 e. The molecule has 0 radical (unpaired) electrons. The molecule has 2 aromatic rings. The Balaban J connectivity index is 1.38. The minimum atomic E-state index is -3.40. The number of carbonyl (C=O) groups excluding carboxylic acids is 1. The topological polar surface area (TPSA) is 102 Å². The van der Waals surface area contributed by atoms with Crippen LogP contribution < -0.4 is 15.2 Å². The van der Waals surface area contributed by atoms with Crippen molar-refractivity contribution in [1.82, 2.24) is 4.90 Å². The number of hydrogen-bond acceptors (Lipinski definition) is 6. The SMILES string of the molecule is CS(=O)(=O)Nc1ccc2c(c1)C(=O)CC1(CCN(CCc3ccc(N)cc3)CC1)O2. The van der Waals surface area contributed by atoms with Crippen LogP contribution in [0.25, 0.3) is 0 Å². The standard InChI is InChI=1S/C22H27N3O4S/c1-30(27,28)24-18-6-7-21-19(14-18)20(26)15-22(29-21)9-12-25(13-10-22)11-8-16-2-4-17(23)5-3-16/h2-7,14,24H,8-13,15,23H2,1H3. The molecule has 0 bridgehead atoms. The summed E-state index contributed by atoms with van der Waals surface area (Å²) in [6.45, 7) is 2.72. The summed E-state index contributed by atoms with van der Waals surface area (Å²) in [5.74, 6) is 0.546. The van der Waals surface area contributed by atoms with E-state index in [0.29, 0.717) is 23.4 Å². The third kappa shape index (κ3) is 4.76. The van der Waals surface area contributed by atoms with Crippen molar-refractivity contribution >= 4 is 27.2 Å². The third-order valence-corrected chi connectivity index (χ3v) is 6.46. The van der Waals surface area contributed by atoms with E-state index in [1.54, 1.807) is 18.2 Å². The van der Waals surface area contributed by atoms with Crippen LogP contribution in [0, 0.1) is 0 Å². The van der Waals surface area contributed by atoms with Crippen molar-refractivity contribution in [1.29, 1.82) is 0 Å². The number of rotatable bonds is 5. The quantitative estimate of drug-likeness (QED) is 0.709. The van der Waals surface area contributed by atoms with Gasteiger partial charge in [0.05, 0.1) is 18.2 Å². The first-order valence-electron chi connectivity index (χ1n) is 10.1. The number of anilines is 2. The van der Waals surface area contributed by atoms with E-state index < -0.39 is 15.6 Å². The van der Waals surface area contributed by atoms with Gasteiger partial charge in [-0.05, 0) is 42.3 Å². The molecule has 2 aliphatic rings. The molecule has 2 aromatic carbocycles. The molecule has 4 rings (SSSR count). The van der Waals surface area contributed by atoms with Crippen LogP contribution in [-0.4, -0.2) is 50.6 Å². The average Bonchev–Trinajstić information content (AvgIpc) is 2.68. The number of benzene rings is 2. The van der Waals surface area contributed by atoms with Gasteiger partial charge in [-0.25, -0.2) is 8.42 Å². The van der Waals surface area contributed by atoms with E-state index in [-0.39, 0.29) is 5.78 Å². The van der Waals surface area contributed by atoms with Crippen LogP contribution in [0.3, 0.4) is 0 Å². The van der Waals surface area contributed by atoms with Gasteiger partial charge in [-0.3, -0.25) is 9.52 Å². The van der Waals surface area contributed by atoms with E-state index in [2.05, 4.69) is 21.8 Å². The molecule has 8 heteroatoms. The minimum absolute atomic E-state index is 0.00345. The summed E-state index contributed by atoms with van der Waals surface area (Å²) in [4.78, 5) is 15.2. The maximum Gasteiger partial charge on any atom is 0.229 e. The number of carbonyl (C=O) groups is 1. The lowest BCUT2D eigenvalue weighted by Crippen LogP contribution is -2.51. The van der Waals surface area contributed by atoms with E-state index in [9.17, 15) is 13.2 Å². The first-order chi connectivity index (χ1) is 14.2. The highest BCUT2D eigenvalue weighted by Crippen LogP contribution is 2.40. The molecule has 1 saturated heterocycles. The number of fused-ring (bicyclic) bond motifs is 1. The number of piperidine rings is 1. The normalized spacial score (nSPS) is 18.6. The molecule has 0 unspecified atom stereocenters. The summed E-state index contributed by atoms with van der Waals surface area (Å²) in [6, 6.07) is 12.9. The molecule has 0 atom stereocenters. The maximum absolute atomic E-state index is 12.8. The van der Waals surface area contributed by atoms with E-state index in [4.69, 9.17) is 10.5 Å². The van der Waals surface area contributed by atoms with Crippen LogP contribution in [0.1, 0.15) is 35.2 Å². The van der Waals surface area contributed by atoms with E-state index in [0.717, 1.165) is 50.8 Å². The Hall–Kier alpha value is -2.58. The minimum Gasteiger partial charge on any atom is -0.486 e. The van der Waals surface area contributed by atoms with Crippen LogP contribution in [0.2, 0.25) is 0 Å². The molecule has 1 fully saturated rings. The van der Waals surface area contributed by atoms with Gasteiger partial charge in [0.25, 0.3) is 0 Å². The number of ether oxygens (including phenoxy) is 1.